The van der Waals surface area contributed by atoms with E-state index in [1.165, 1.54) is 0 Å². The number of ketones is 2. The summed E-state index contributed by atoms with van der Waals surface area (Å²) in [7, 11) is 0. The van der Waals surface area contributed by atoms with Crippen molar-refractivity contribution in [2.24, 2.45) is 5.92 Å². The molecule has 4 nitrogen and oxygen atoms in total. The summed E-state index contributed by atoms with van der Waals surface area (Å²) in [6.07, 6.45) is 1.73. The number of rotatable bonds is 4. The van der Waals surface area contributed by atoms with Crippen molar-refractivity contribution in [1.82, 2.24) is 4.57 Å². The molecule has 0 saturated heterocycles. The Morgan fingerprint density at radius 3 is 2.06 bits per heavy atom. The minimum Gasteiger partial charge on any atom is -0.454 e. The smallest absolute Gasteiger partial charge is 0.197 e. The quantitative estimate of drug-likeness (QED) is 0.218. The first kappa shape index (κ1) is 20.4. The highest BCUT2D eigenvalue weighted by Gasteiger charge is 2.34. The molecule has 3 aromatic carbocycles. The van der Waals surface area contributed by atoms with Gasteiger partial charge in [-0.05, 0) is 34.9 Å². The summed E-state index contributed by atoms with van der Waals surface area (Å²) < 4.78 is 8.31. The van der Waals surface area contributed by atoms with Crippen LogP contribution in [-0.2, 0) is 6.54 Å². The van der Waals surface area contributed by atoms with Crippen LogP contribution < -0.4 is 0 Å². The Kier molecular flexibility index (Phi) is 4.63. The molecule has 1 aliphatic carbocycles. The van der Waals surface area contributed by atoms with Crippen LogP contribution in [0.5, 0.6) is 0 Å². The molecule has 0 saturated carbocycles. The number of carbonyl (C=O) groups excluding carboxylic acids is 2. The summed E-state index contributed by atoms with van der Waals surface area (Å²) in [6.45, 7) is 5.04. The third-order valence-corrected chi connectivity index (χ3v) is 6.38. The fourth-order valence-electron chi connectivity index (χ4n) is 4.78. The molecule has 0 atom stereocenters. The lowest BCUT2D eigenvalue weighted by atomic mass is 10.0. The molecular weight excluding hydrogens is 422 g/mol. The largest absolute Gasteiger partial charge is 0.454 e. The van der Waals surface area contributed by atoms with Crippen molar-refractivity contribution in [2.45, 2.75) is 20.4 Å². The van der Waals surface area contributed by atoms with Gasteiger partial charge in [0.2, 0.25) is 0 Å². The van der Waals surface area contributed by atoms with E-state index in [1.54, 1.807) is 6.08 Å². The molecular formula is C30H23NO3. The number of benzene rings is 3. The fourth-order valence-corrected chi connectivity index (χ4v) is 4.78. The van der Waals surface area contributed by atoms with E-state index in [0.29, 0.717) is 17.0 Å². The molecule has 0 radical (unpaired) electrons. The summed E-state index contributed by atoms with van der Waals surface area (Å²) in [5.74, 6) is 0.740. The number of Topliss-reactive ketones (excluding diaryl/α,β-unsaturated/α-hetero) is 2. The number of aromatic nitrogens is 1. The Hall–Kier alpha value is -4.18. The molecule has 6 rings (SSSR count). The number of fused-ring (bicyclic) bond motifs is 3. The van der Waals surface area contributed by atoms with Crippen molar-refractivity contribution in [3.8, 4) is 11.3 Å². The van der Waals surface area contributed by atoms with Crippen molar-refractivity contribution in [3.05, 3.63) is 101 Å². The summed E-state index contributed by atoms with van der Waals surface area (Å²) in [6, 6.07) is 25.4. The number of hydrogen-bond donors (Lipinski definition) is 0. The summed E-state index contributed by atoms with van der Waals surface area (Å²) in [5, 5.41) is 1.91. The van der Waals surface area contributed by atoms with Gasteiger partial charge in [0.05, 0.1) is 11.1 Å². The molecule has 4 heteroatoms. The molecule has 0 fully saturated rings. The van der Waals surface area contributed by atoms with Gasteiger partial charge in [0, 0.05) is 41.1 Å². The second-order valence-electron chi connectivity index (χ2n) is 9.26. The second-order valence-corrected chi connectivity index (χ2v) is 9.26. The lowest BCUT2D eigenvalue weighted by Gasteiger charge is -2.10. The van der Waals surface area contributed by atoms with Crippen LogP contribution in [0.2, 0.25) is 0 Å². The monoisotopic (exact) mass is 445 g/mol. The number of nitrogens with zero attached hydrogens (tertiary/aromatic N) is 1. The summed E-state index contributed by atoms with van der Waals surface area (Å²) in [5.41, 5.74) is 4.68. The number of allylic oxidation sites excluding steroid dienone is 1. The van der Waals surface area contributed by atoms with Crippen LogP contribution in [0.4, 0.5) is 0 Å². The molecule has 0 unspecified atom stereocenters. The molecule has 166 valence electrons. The standard InChI is InChI=1S/C30H23NO3/c1-18(2)17-31-22(15-28-26(31)16-27(34-28)19-8-4-3-5-9-19)14-25-29(32)23-12-20-10-6-7-11-21(20)13-24(23)30(25)33/h3-16,18H,17H2,1-2H3. The maximum Gasteiger partial charge on any atom is 0.197 e. The van der Waals surface area contributed by atoms with Gasteiger partial charge in [-0.3, -0.25) is 9.59 Å². The number of carbonyl (C=O) groups is 2. The van der Waals surface area contributed by atoms with Crippen LogP contribution in [0, 0.1) is 5.92 Å². The van der Waals surface area contributed by atoms with Crippen LogP contribution in [0.3, 0.4) is 0 Å². The highest BCUT2D eigenvalue weighted by molar-refractivity contribution is 6.42. The SMILES string of the molecule is CC(C)Cn1c(C=C2C(=O)c3cc4ccccc4cc3C2=O)cc2oc(-c3ccccc3)cc21. The molecule has 34 heavy (non-hydrogen) atoms. The van der Waals surface area contributed by atoms with Gasteiger partial charge < -0.3 is 8.98 Å². The maximum absolute atomic E-state index is 13.3. The van der Waals surface area contributed by atoms with Gasteiger partial charge in [0.25, 0.3) is 0 Å². The summed E-state index contributed by atoms with van der Waals surface area (Å²) in [4.78, 5) is 26.5. The fraction of sp³-hybridized carbons (Fsp3) is 0.133. The van der Waals surface area contributed by atoms with Crippen molar-refractivity contribution in [2.75, 3.05) is 0 Å². The van der Waals surface area contributed by atoms with Gasteiger partial charge in [-0.25, -0.2) is 0 Å². The zero-order chi connectivity index (χ0) is 23.4. The highest BCUT2D eigenvalue weighted by atomic mass is 16.3. The van der Waals surface area contributed by atoms with E-state index in [-0.39, 0.29) is 17.1 Å². The van der Waals surface area contributed by atoms with Gasteiger partial charge in [0.15, 0.2) is 17.1 Å². The van der Waals surface area contributed by atoms with E-state index in [0.717, 1.165) is 45.4 Å². The van der Waals surface area contributed by atoms with Crippen molar-refractivity contribution in [1.29, 1.82) is 0 Å². The van der Waals surface area contributed by atoms with E-state index in [1.807, 2.05) is 78.9 Å². The minimum absolute atomic E-state index is 0.207. The lowest BCUT2D eigenvalue weighted by Crippen LogP contribution is -2.07. The molecule has 0 amide bonds. The Morgan fingerprint density at radius 2 is 1.44 bits per heavy atom. The first-order valence-electron chi connectivity index (χ1n) is 11.5. The molecule has 0 aliphatic heterocycles. The molecule has 2 heterocycles. The van der Waals surface area contributed by atoms with Gasteiger partial charge in [0.1, 0.15) is 5.76 Å². The molecule has 5 aromatic rings. The van der Waals surface area contributed by atoms with E-state index in [9.17, 15) is 9.59 Å². The predicted molar refractivity (Wildman–Crippen MR) is 135 cm³/mol. The average Bonchev–Trinajstić information content (AvgIpc) is 3.46. The lowest BCUT2D eigenvalue weighted by molar-refractivity contribution is 0.0990. The second kappa shape index (κ2) is 7.70. The van der Waals surface area contributed by atoms with Crippen molar-refractivity contribution >= 4 is 39.5 Å². The van der Waals surface area contributed by atoms with Crippen molar-refractivity contribution in [3.63, 3.8) is 0 Å². The average molecular weight is 446 g/mol. The zero-order valence-electron chi connectivity index (χ0n) is 19.0. The number of hydrogen-bond acceptors (Lipinski definition) is 3. The highest BCUT2D eigenvalue weighted by Crippen LogP contribution is 2.35. The third kappa shape index (κ3) is 3.22. The molecule has 0 bridgehead atoms. The van der Waals surface area contributed by atoms with Crippen LogP contribution in [-0.4, -0.2) is 16.1 Å². The predicted octanol–water partition coefficient (Wildman–Crippen LogP) is 7.17. The Bertz CT molecular complexity index is 1570. The molecule has 0 spiro atoms. The normalized spacial score (nSPS) is 13.4. The first-order chi connectivity index (χ1) is 16.5. The summed E-state index contributed by atoms with van der Waals surface area (Å²) >= 11 is 0. The topological polar surface area (TPSA) is 52.2 Å². The third-order valence-electron chi connectivity index (χ3n) is 6.38. The van der Waals surface area contributed by atoms with Crippen LogP contribution in [0.15, 0.2) is 88.9 Å². The van der Waals surface area contributed by atoms with Crippen molar-refractivity contribution < 1.29 is 14.0 Å². The molecule has 1 aliphatic rings. The maximum atomic E-state index is 13.3. The Labute approximate surface area is 197 Å². The van der Waals surface area contributed by atoms with Crippen LogP contribution in [0.25, 0.3) is 39.3 Å². The van der Waals surface area contributed by atoms with E-state index >= 15 is 0 Å². The number of furan rings is 1. The van der Waals surface area contributed by atoms with Gasteiger partial charge in [-0.2, -0.15) is 0 Å². The van der Waals surface area contributed by atoms with Gasteiger partial charge in [-0.15, -0.1) is 0 Å². The Morgan fingerprint density at radius 1 is 0.824 bits per heavy atom. The van der Waals surface area contributed by atoms with Gasteiger partial charge in [-0.1, -0.05) is 68.4 Å². The van der Waals surface area contributed by atoms with E-state index in [2.05, 4.69) is 18.4 Å². The van der Waals surface area contributed by atoms with E-state index in [4.69, 9.17) is 4.42 Å². The first-order valence-corrected chi connectivity index (χ1v) is 11.5. The zero-order valence-corrected chi connectivity index (χ0v) is 19.0. The molecule has 0 N–H and O–H groups in total. The van der Waals surface area contributed by atoms with Crippen LogP contribution in [0.1, 0.15) is 40.3 Å². The molecule has 2 aromatic heterocycles. The van der Waals surface area contributed by atoms with Gasteiger partial charge >= 0.3 is 0 Å². The minimum atomic E-state index is -0.218. The Balaban J connectivity index is 1.47. The van der Waals surface area contributed by atoms with Crippen LogP contribution >= 0.6 is 0 Å². The van der Waals surface area contributed by atoms with E-state index < -0.39 is 0 Å².